The second-order valence-corrected chi connectivity index (χ2v) is 9.03. The zero-order valence-corrected chi connectivity index (χ0v) is 19.1. The number of halogens is 2. The molecule has 0 amide bonds. The fourth-order valence-electron chi connectivity index (χ4n) is 3.55. The minimum Gasteiger partial charge on any atom is -0.486 e. The Morgan fingerprint density at radius 1 is 1.12 bits per heavy atom. The number of nitrogens with zero attached hydrogens (tertiary/aromatic N) is 8. The van der Waals surface area contributed by atoms with Crippen LogP contribution in [0.25, 0.3) is 5.69 Å². The first-order valence-corrected chi connectivity index (χ1v) is 11.6. The molecule has 0 N–H and O–H groups in total. The lowest BCUT2D eigenvalue weighted by atomic mass is 9.98. The summed E-state index contributed by atoms with van der Waals surface area (Å²) in [5.74, 6) is 1.75. The van der Waals surface area contributed by atoms with E-state index < -0.39 is 0 Å². The zero-order valence-electron chi connectivity index (χ0n) is 16.8. The molecule has 0 saturated carbocycles. The lowest BCUT2D eigenvalue weighted by molar-refractivity contribution is 0.301. The molecule has 0 unspecified atom stereocenters. The normalized spacial score (nSPS) is 14.6. The molecule has 1 aliphatic rings. The van der Waals surface area contributed by atoms with Gasteiger partial charge in [-0.05, 0) is 41.5 Å². The van der Waals surface area contributed by atoms with Crippen LogP contribution >= 0.6 is 34.5 Å². The van der Waals surface area contributed by atoms with Crippen LogP contribution in [0.3, 0.4) is 0 Å². The molecule has 1 aliphatic heterocycles. The predicted octanol–water partition coefficient (Wildman–Crippen LogP) is 4.18. The van der Waals surface area contributed by atoms with Gasteiger partial charge in [0.2, 0.25) is 5.95 Å². The number of benzene rings is 1. The summed E-state index contributed by atoms with van der Waals surface area (Å²) in [4.78, 5) is 15.6. The van der Waals surface area contributed by atoms with Crippen LogP contribution < -0.4 is 9.64 Å². The van der Waals surface area contributed by atoms with E-state index in [1.165, 1.54) is 11.0 Å². The quantitative estimate of drug-likeness (QED) is 0.398. The zero-order chi connectivity index (χ0) is 21.9. The Morgan fingerprint density at radius 2 is 1.94 bits per heavy atom. The monoisotopic (exact) mass is 488 g/mol. The summed E-state index contributed by atoms with van der Waals surface area (Å²) in [5, 5.41) is 15.3. The van der Waals surface area contributed by atoms with Gasteiger partial charge in [-0.1, -0.05) is 23.2 Å². The van der Waals surface area contributed by atoms with E-state index in [1.807, 2.05) is 11.4 Å². The summed E-state index contributed by atoms with van der Waals surface area (Å²) in [6.45, 7) is 2.14. The summed E-state index contributed by atoms with van der Waals surface area (Å²) < 4.78 is 7.43. The van der Waals surface area contributed by atoms with Gasteiger partial charge in [-0.2, -0.15) is 0 Å². The summed E-state index contributed by atoms with van der Waals surface area (Å²) >= 11 is 13.9. The molecule has 4 heterocycles. The minimum absolute atomic E-state index is 0.359. The lowest BCUT2D eigenvalue weighted by Gasteiger charge is -2.31. The lowest BCUT2D eigenvalue weighted by Crippen LogP contribution is -2.34. The van der Waals surface area contributed by atoms with Crippen molar-refractivity contribution >= 4 is 40.5 Å². The van der Waals surface area contributed by atoms with Crippen LogP contribution in [0.4, 0.5) is 5.95 Å². The standard InChI is InChI=1S/C20H18Cl2N8OS/c21-14-8-23-20(24-9-14)29-5-3-13(4-6-29)19-26-15(11-32-19)10-31-18-2-1-16(7-17(18)22)30-12-25-27-28-30/h1-2,7-9,11-13H,3-6,10H2. The number of tetrazole rings is 1. The largest absolute Gasteiger partial charge is 0.486 e. The van der Waals surface area contributed by atoms with Gasteiger partial charge in [0.25, 0.3) is 0 Å². The summed E-state index contributed by atoms with van der Waals surface area (Å²) in [6, 6.07) is 5.42. The van der Waals surface area contributed by atoms with Crippen LogP contribution in [0.5, 0.6) is 5.75 Å². The van der Waals surface area contributed by atoms with E-state index in [-0.39, 0.29) is 0 Å². The average molecular weight is 489 g/mol. The summed E-state index contributed by atoms with van der Waals surface area (Å²) in [5.41, 5.74) is 1.66. The molecule has 0 aliphatic carbocycles. The topological polar surface area (TPSA) is 94.7 Å². The van der Waals surface area contributed by atoms with E-state index in [0.717, 1.165) is 48.3 Å². The first-order valence-electron chi connectivity index (χ1n) is 9.98. The van der Waals surface area contributed by atoms with Crippen LogP contribution in [-0.4, -0.2) is 48.2 Å². The first-order chi connectivity index (χ1) is 15.7. The number of hydrogen-bond acceptors (Lipinski definition) is 9. The fraction of sp³-hybridized carbons (Fsp3) is 0.300. The van der Waals surface area contributed by atoms with Crippen molar-refractivity contribution < 1.29 is 4.74 Å². The van der Waals surface area contributed by atoms with E-state index in [1.54, 1.807) is 35.9 Å². The van der Waals surface area contributed by atoms with E-state index >= 15 is 0 Å². The van der Waals surface area contributed by atoms with E-state index in [4.69, 9.17) is 32.9 Å². The molecular weight excluding hydrogens is 471 g/mol. The number of ether oxygens (including phenoxy) is 1. The van der Waals surface area contributed by atoms with E-state index in [0.29, 0.717) is 28.3 Å². The number of thiazole rings is 1. The van der Waals surface area contributed by atoms with Crippen molar-refractivity contribution in [3.8, 4) is 11.4 Å². The van der Waals surface area contributed by atoms with Gasteiger partial charge in [-0.25, -0.2) is 19.6 Å². The highest BCUT2D eigenvalue weighted by atomic mass is 35.5. The highest BCUT2D eigenvalue weighted by molar-refractivity contribution is 7.09. The molecule has 4 aromatic rings. The van der Waals surface area contributed by atoms with Crippen molar-refractivity contribution in [2.75, 3.05) is 18.0 Å². The van der Waals surface area contributed by atoms with Crippen molar-refractivity contribution in [3.05, 3.63) is 63.0 Å². The van der Waals surface area contributed by atoms with E-state index in [2.05, 4.69) is 30.4 Å². The van der Waals surface area contributed by atoms with Crippen LogP contribution in [-0.2, 0) is 6.61 Å². The highest BCUT2D eigenvalue weighted by Gasteiger charge is 2.24. The fourth-order valence-corrected chi connectivity index (χ4v) is 4.85. The number of rotatable bonds is 6. The van der Waals surface area contributed by atoms with Gasteiger partial charge in [0.15, 0.2) is 0 Å². The molecule has 1 saturated heterocycles. The molecule has 1 aromatic carbocycles. The molecule has 5 rings (SSSR count). The molecule has 164 valence electrons. The van der Waals surface area contributed by atoms with Crippen molar-refractivity contribution in [3.63, 3.8) is 0 Å². The van der Waals surface area contributed by atoms with Crippen LogP contribution in [0.2, 0.25) is 10.0 Å². The number of anilines is 1. The predicted molar refractivity (Wildman–Crippen MR) is 122 cm³/mol. The maximum Gasteiger partial charge on any atom is 0.225 e. The average Bonchev–Trinajstić information content (AvgIpc) is 3.52. The first kappa shape index (κ1) is 21.0. The molecule has 1 fully saturated rings. The Balaban J connectivity index is 1.17. The van der Waals surface area contributed by atoms with Crippen molar-refractivity contribution in [2.24, 2.45) is 0 Å². The summed E-state index contributed by atoms with van der Waals surface area (Å²) in [7, 11) is 0. The molecule has 0 radical (unpaired) electrons. The van der Waals surface area contributed by atoms with Crippen LogP contribution in [0, 0.1) is 0 Å². The molecule has 0 bridgehead atoms. The second-order valence-electron chi connectivity index (χ2n) is 7.30. The summed E-state index contributed by atoms with van der Waals surface area (Å²) in [6.07, 6.45) is 6.79. The second kappa shape index (κ2) is 9.35. The number of piperidine rings is 1. The third kappa shape index (κ3) is 4.67. The van der Waals surface area contributed by atoms with Crippen molar-refractivity contribution in [2.45, 2.75) is 25.4 Å². The highest BCUT2D eigenvalue weighted by Crippen LogP contribution is 2.32. The number of hydrogen-bond donors (Lipinski definition) is 0. The van der Waals surface area contributed by atoms with Gasteiger partial charge in [0.1, 0.15) is 18.7 Å². The Kier molecular flexibility index (Phi) is 6.15. The van der Waals surface area contributed by atoms with Gasteiger partial charge < -0.3 is 9.64 Å². The van der Waals surface area contributed by atoms with Crippen molar-refractivity contribution in [1.82, 2.24) is 35.2 Å². The molecule has 9 nitrogen and oxygen atoms in total. The molecule has 12 heteroatoms. The molecule has 32 heavy (non-hydrogen) atoms. The number of aromatic nitrogens is 7. The van der Waals surface area contributed by atoms with Gasteiger partial charge in [0, 0.05) is 24.4 Å². The Hall–Kier alpha value is -2.82. The third-order valence-corrected chi connectivity index (χ3v) is 6.75. The van der Waals surface area contributed by atoms with Gasteiger partial charge in [0.05, 0.1) is 38.8 Å². The minimum atomic E-state index is 0.359. The maximum absolute atomic E-state index is 6.37. The van der Waals surface area contributed by atoms with E-state index in [9.17, 15) is 0 Å². The Morgan fingerprint density at radius 3 is 2.66 bits per heavy atom. The van der Waals surface area contributed by atoms with Crippen molar-refractivity contribution in [1.29, 1.82) is 0 Å². The van der Waals surface area contributed by atoms with Gasteiger partial charge in [-0.15, -0.1) is 16.4 Å². The molecular formula is C20H18Cl2N8OS. The molecule has 3 aromatic heterocycles. The van der Waals surface area contributed by atoms with Crippen LogP contribution in [0.15, 0.2) is 42.3 Å². The SMILES string of the molecule is Clc1cnc(N2CCC(c3nc(COc4ccc(-n5cnnn5)cc4Cl)cs3)CC2)nc1. The van der Waals surface area contributed by atoms with Gasteiger partial charge in [-0.3, -0.25) is 0 Å². The third-order valence-electron chi connectivity index (χ3n) is 5.21. The van der Waals surface area contributed by atoms with Gasteiger partial charge >= 0.3 is 0 Å². The Bertz CT molecular complexity index is 1180. The molecule has 0 spiro atoms. The Labute approximate surface area is 198 Å². The smallest absolute Gasteiger partial charge is 0.225 e. The maximum atomic E-state index is 6.37. The molecule has 0 atom stereocenters. The van der Waals surface area contributed by atoms with Crippen LogP contribution in [0.1, 0.15) is 29.5 Å².